The lowest BCUT2D eigenvalue weighted by Gasteiger charge is -2.34. The normalized spacial score (nSPS) is 14.8. The molecule has 0 bridgehead atoms. The molecule has 0 atom stereocenters. The van der Waals surface area contributed by atoms with E-state index in [4.69, 9.17) is 0 Å². The zero-order valence-corrected chi connectivity index (χ0v) is 40.4. The van der Waals surface area contributed by atoms with Crippen LogP contribution in [0, 0.1) is 0 Å². The number of benzene rings is 12. The van der Waals surface area contributed by atoms with Gasteiger partial charge in [0.1, 0.15) is 0 Å². The number of hydrogen-bond donors (Lipinski definition) is 0. The third kappa shape index (κ3) is 5.57. The number of nitrogens with zero attached hydrogens (tertiary/aromatic N) is 1. The second-order valence-electron chi connectivity index (χ2n) is 21.0. The molecule has 0 N–H and O–H groups in total. The molecule has 12 aromatic carbocycles. The minimum Gasteiger partial charge on any atom is -0.310 e. The standard InChI is InChI=1S/C72H49N/c1-2-18-46(19-3-1)47-32-34-48(35-33-47)61-44-63-59-27-11-15-31-67(59)72(65-29-13-9-25-57(65)58-26-10-14-30-66(58)72)69(63)45-70(61)73(50-37-39-60-56-24-8-12-28-64(56)71(68(60)43-50)40-16-17-41-71)49-36-38-55-53-22-5-4-20-51(53)52-21-6-7-23-54(52)62(55)42-49/h1-15,18-39,42-45H,16-17,40-41H2. The number of rotatable bonds is 5. The summed E-state index contributed by atoms with van der Waals surface area (Å²) in [6.45, 7) is 0. The Morgan fingerprint density at radius 2 is 0.699 bits per heavy atom. The van der Waals surface area contributed by atoms with Crippen LogP contribution >= 0.6 is 0 Å². The van der Waals surface area contributed by atoms with Gasteiger partial charge < -0.3 is 4.90 Å². The smallest absolute Gasteiger partial charge is 0.0726 e. The molecule has 12 aromatic rings. The number of hydrogen-bond acceptors (Lipinski definition) is 1. The van der Waals surface area contributed by atoms with Gasteiger partial charge in [0.05, 0.1) is 11.1 Å². The van der Waals surface area contributed by atoms with Crippen LogP contribution in [0.25, 0.3) is 88.0 Å². The van der Waals surface area contributed by atoms with E-state index in [1.165, 1.54) is 158 Å². The lowest BCUT2D eigenvalue weighted by atomic mass is 9.70. The van der Waals surface area contributed by atoms with Gasteiger partial charge in [-0.3, -0.25) is 0 Å². The fraction of sp³-hybridized carbons (Fsp3) is 0.0833. The molecule has 1 saturated carbocycles. The fourth-order valence-corrected chi connectivity index (χ4v) is 14.6. The van der Waals surface area contributed by atoms with Gasteiger partial charge in [0.25, 0.3) is 0 Å². The Labute approximate surface area is 426 Å². The van der Waals surface area contributed by atoms with E-state index in [1.807, 2.05) is 0 Å². The first-order valence-corrected chi connectivity index (χ1v) is 26.2. The molecule has 4 aliphatic carbocycles. The number of anilines is 3. The maximum atomic E-state index is 2.64. The molecule has 2 spiro atoms. The Morgan fingerprint density at radius 3 is 1.32 bits per heavy atom. The average molecular weight is 928 g/mol. The van der Waals surface area contributed by atoms with Crippen LogP contribution in [0.15, 0.2) is 249 Å². The third-order valence-corrected chi connectivity index (χ3v) is 17.6. The molecule has 0 unspecified atom stereocenters. The van der Waals surface area contributed by atoms with Crippen LogP contribution in [-0.2, 0) is 10.8 Å². The summed E-state index contributed by atoms with van der Waals surface area (Å²) in [6, 6.07) is 94.9. The van der Waals surface area contributed by atoms with Crippen LogP contribution in [0.2, 0.25) is 0 Å². The second-order valence-corrected chi connectivity index (χ2v) is 21.0. The largest absolute Gasteiger partial charge is 0.310 e. The molecule has 0 heterocycles. The minimum atomic E-state index is -0.513. The van der Waals surface area contributed by atoms with Crippen molar-refractivity contribution in [1.82, 2.24) is 0 Å². The van der Waals surface area contributed by atoms with Crippen molar-refractivity contribution in [2.75, 3.05) is 4.90 Å². The zero-order chi connectivity index (χ0) is 47.8. The summed E-state index contributed by atoms with van der Waals surface area (Å²) in [4.78, 5) is 2.64. The van der Waals surface area contributed by atoms with Crippen molar-refractivity contribution in [2.45, 2.75) is 36.5 Å². The molecular formula is C72H49N. The molecule has 1 nitrogen and oxygen atoms in total. The molecule has 0 aromatic heterocycles. The van der Waals surface area contributed by atoms with Gasteiger partial charge in [-0.2, -0.15) is 0 Å². The van der Waals surface area contributed by atoms with Gasteiger partial charge >= 0.3 is 0 Å². The average Bonchev–Trinajstić information content (AvgIpc) is 4.22. The second kappa shape index (κ2) is 15.4. The molecule has 342 valence electrons. The van der Waals surface area contributed by atoms with Gasteiger partial charge in [-0.05, 0) is 165 Å². The Bertz CT molecular complexity index is 4190. The van der Waals surface area contributed by atoms with E-state index in [2.05, 4.69) is 254 Å². The van der Waals surface area contributed by atoms with E-state index >= 15 is 0 Å². The summed E-state index contributed by atoms with van der Waals surface area (Å²) in [5, 5.41) is 7.65. The molecular weight excluding hydrogens is 879 g/mol. The van der Waals surface area contributed by atoms with Crippen LogP contribution in [-0.4, -0.2) is 0 Å². The maximum Gasteiger partial charge on any atom is 0.0726 e. The van der Waals surface area contributed by atoms with Crippen molar-refractivity contribution in [1.29, 1.82) is 0 Å². The first-order valence-electron chi connectivity index (χ1n) is 26.2. The van der Waals surface area contributed by atoms with E-state index in [1.54, 1.807) is 0 Å². The van der Waals surface area contributed by atoms with Crippen LogP contribution in [0.4, 0.5) is 17.1 Å². The van der Waals surface area contributed by atoms with Crippen LogP contribution < -0.4 is 4.90 Å². The number of fused-ring (bicyclic) bond motifs is 21. The molecule has 73 heavy (non-hydrogen) atoms. The lowest BCUT2D eigenvalue weighted by Crippen LogP contribution is -2.26. The van der Waals surface area contributed by atoms with E-state index in [9.17, 15) is 0 Å². The molecule has 1 fully saturated rings. The van der Waals surface area contributed by atoms with E-state index in [0.717, 1.165) is 5.69 Å². The van der Waals surface area contributed by atoms with E-state index in [0.29, 0.717) is 0 Å². The molecule has 16 rings (SSSR count). The zero-order valence-electron chi connectivity index (χ0n) is 40.4. The van der Waals surface area contributed by atoms with Gasteiger partial charge in [0, 0.05) is 22.4 Å². The highest BCUT2D eigenvalue weighted by molar-refractivity contribution is 6.26. The summed E-state index contributed by atoms with van der Waals surface area (Å²) < 4.78 is 0. The Hall–Kier alpha value is -8.78. The highest BCUT2D eigenvalue weighted by Crippen LogP contribution is 2.65. The van der Waals surface area contributed by atoms with E-state index < -0.39 is 5.41 Å². The van der Waals surface area contributed by atoms with Crippen molar-refractivity contribution in [2.24, 2.45) is 0 Å². The summed E-state index contributed by atoms with van der Waals surface area (Å²) in [5.41, 5.74) is 24.1. The Balaban J connectivity index is 1.03. The Kier molecular flexibility index (Phi) is 8.61. The van der Waals surface area contributed by atoms with Gasteiger partial charge in [-0.1, -0.05) is 225 Å². The molecule has 4 aliphatic rings. The van der Waals surface area contributed by atoms with Crippen molar-refractivity contribution < 1.29 is 0 Å². The first-order chi connectivity index (χ1) is 36.2. The SMILES string of the molecule is c1ccc(-c2ccc(-c3cc4c(cc3N(c3ccc5c(c3)C3(CCCC3)c3ccccc3-5)c3ccc5c6ccccc6c6ccccc6c5c3)C3(c5ccccc5-c5ccccc53)c3ccccc3-4)cc2)cc1. The monoisotopic (exact) mass is 927 g/mol. The van der Waals surface area contributed by atoms with Crippen LogP contribution in [0.5, 0.6) is 0 Å². The van der Waals surface area contributed by atoms with E-state index in [-0.39, 0.29) is 5.41 Å². The van der Waals surface area contributed by atoms with Crippen molar-refractivity contribution >= 4 is 49.4 Å². The van der Waals surface area contributed by atoms with Crippen molar-refractivity contribution in [3.05, 3.63) is 282 Å². The third-order valence-electron chi connectivity index (χ3n) is 17.6. The lowest BCUT2D eigenvalue weighted by molar-refractivity contribution is 0.550. The quantitative estimate of drug-likeness (QED) is 0.156. The highest BCUT2D eigenvalue weighted by atomic mass is 15.1. The van der Waals surface area contributed by atoms with Gasteiger partial charge in [-0.15, -0.1) is 0 Å². The van der Waals surface area contributed by atoms with Gasteiger partial charge in [0.15, 0.2) is 0 Å². The molecule has 0 aliphatic heterocycles. The summed E-state index contributed by atoms with van der Waals surface area (Å²) in [7, 11) is 0. The van der Waals surface area contributed by atoms with Crippen molar-refractivity contribution in [3.8, 4) is 55.6 Å². The van der Waals surface area contributed by atoms with Gasteiger partial charge in [0.2, 0.25) is 0 Å². The maximum absolute atomic E-state index is 2.64. The highest BCUT2D eigenvalue weighted by Gasteiger charge is 2.52. The molecule has 0 saturated heterocycles. The molecule has 1 heteroatoms. The van der Waals surface area contributed by atoms with Crippen LogP contribution in [0.3, 0.4) is 0 Å². The predicted octanol–water partition coefficient (Wildman–Crippen LogP) is 19.1. The van der Waals surface area contributed by atoms with Crippen LogP contribution in [0.1, 0.15) is 59.1 Å². The summed E-state index contributed by atoms with van der Waals surface area (Å²) in [5.74, 6) is 0. The fourth-order valence-electron chi connectivity index (χ4n) is 14.6. The molecule has 0 radical (unpaired) electrons. The predicted molar refractivity (Wildman–Crippen MR) is 305 cm³/mol. The van der Waals surface area contributed by atoms with Gasteiger partial charge in [-0.25, -0.2) is 0 Å². The minimum absolute atomic E-state index is 0.00309. The summed E-state index contributed by atoms with van der Waals surface area (Å²) >= 11 is 0. The topological polar surface area (TPSA) is 3.24 Å². The van der Waals surface area contributed by atoms with Crippen molar-refractivity contribution in [3.63, 3.8) is 0 Å². The Morgan fingerprint density at radius 1 is 0.260 bits per heavy atom. The first kappa shape index (κ1) is 40.9. The summed E-state index contributed by atoms with van der Waals surface area (Å²) in [6.07, 6.45) is 4.83. The molecule has 0 amide bonds.